The monoisotopic (exact) mass is 300 g/mol. The highest BCUT2D eigenvalue weighted by Crippen LogP contribution is 2.25. The van der Waals surface area contributed by atoms with E-state index in [2.05, 4.69) is 5.32 Å². The molecule has 0 unspecified atom stereocenters. The largest absolute Gasteiger partial charge is 0.351 e. The van der Waals surface area contributed by atoms with Crippen LogP contribution in [0, 0.1) is 5.92 Å². The van der Waals surface area contributed by atoms with Crippen molar-refractivity contribution in [3.05, 3.63) is 52.7 Å². The van der Waals surface area contributed by atoms with Crippen molar-refractivity contribution in [3.8, 4) is 0 Å². The van der Waals surface area contributed by atoms with Crippen LogP contribution in [0.5, 0.6) is 0 Å². The lowest BCUT2D eigenvalue weighted by molar-refractivity contribution is -0.132. The lowest BCUT2D eigenvalue weighted by Gasteiger charge is -2.16. The average molecular weight is 300 g/mol. The lowest BCUT2D eigenvalue weighted by Crippen LogP contribution is -2.36. The number of hydrogen-bond acceptors (Lipinski definition) is 3. The summed E-state index contributed by atoms with van der Waals surface area (Å²) < 4.78 is 0. The summed E-state index contributed by atoms with van der Waals surface area (Å²) >= 11 is 1.60. The zero-order valence-electron chi connectivity index (χ0n) is 11.5. The van der Waals surface area contributed by atoms with Crippen molar-refractivity contribution in [2.24, 2.45) is 5.92 Å². The average Bonchev–Trinajstić information content (AvgIpc) is 3.15. The molecule has 0 saturated carbocycles. The molecule has 0 spiro atoms. The van der Waals surface area contributed by atoms with Gasteiger partial charge in [-0.1, -0.05) is 24.3 Å². The molecule has 5 heteroatoms. The summed E-state index contributed by atoms with van der Waals surface area (Å²) in [4.78, 5) is 27.3. The van der Waals surface area contributed by atoms with Crippen molar-refractivity contribution in [1.82, 2.24) is 5.32 Å². The van der Waals surface area contributed by atoms with Crippen molar-refractivity contribution < 1.29 is 9.59 Å². The van der Waals surface area contributed by atoms with Gasteiger partial charge in [-0.3, -0.25) is 9.59 Å². The molecule has 1 aromatic heterocycles. The number of hydrogen-bond donors (Lipinski definition) is 1. The van der Waals surface area contributed by atoms with E-state index in [0.29, 0.717) is 19.5 Å². The second-order valence-electron chi connectivity index (χ2n) is 4.96. The molecule has 0 aliphatic carbocycles. The second kappa shape index (κ2) is 6.10. The highest BCUT2D eigenvalue weighted by molar-refractivity contribution is 7.09. The van der Waals surface area contributed by atoms with Crippen molar-refractivity contribution >= 4 is 28.8 Å². The molecule has 0 bridgehead atoms. The van der Waals surface area contributed by atoms with E-state index in [1.165, 1.54) is 0 Å². The molecule has 0 radical (unpaired) electrons. The van der Waals surface area contributed by atoms with Crippen LogP contribution in [-0.2, 0) is 16.1 Å². The summed E-state index contributed by atoms with van der Waals surface area (Å²) in [5.41, 5.74) is 0.857. The summed E-state index contributed by atoms with van der Waals surface area (Å²) in [5, 5.41) is 4.82. The van der Waals surface area contributed by atoms with Gasteiger partial charge in [0.25, 0.3) is 0 Å². The first-order valence-corrected chi connectivity index (χ1v) is 7.80. The van der Waals surface area contributed by atoms with Gasteiger partial charge >= 0.3 is 0 Å². The first-order chi connectivity index (χ1) is 10.3. The number of amides is 2. The molecule has 2 amide bonds. The van der Waals surface area contributed by atoms with Crippen molar-refractivity contribution in [1.29, 1.82) is 0 Å². The Morgan fingerprint density at radius 1 is 1.24 bits per heavy atom. The van der Waals surface area contributed by atoms with E-state index in [-0.39, 0.29) is 11.8 Å². The topological polar surface area (TPSA) is 49.4 Å². The maximum absolute atomic E-state index is 12.4. The number of carbonyl (C=O) groups is 2. The first-order valence-electron chi connectivity index (χ1n) is 6.92. The van der Waals surface area contributed by atoms with Crippen molar-refractivity contribution in [3.63, 3.8) is 0 Å². The third-order valence-electron chi connectivity index (χ3n) is 3.61. The van der Waals surface area contributed by atoms with Gasteiger partial charge < -0.3 is 10.2 Å². The highest BCUT2D eigenvalue weighted by Gasteiger charge is 2.37. The number of nitrogens with one attached hydrogen (secondary N) is 1. The van der Waals surface area contributed by atoms with E-state index in [1.54, 1.807) is 16.2 Å². The van der Waals surface area contributed by atoms with Crippen LogP contribution in [0.3, 0.4) is 0 Å². The smallest absolute Gasteiger partial charge is 0.239 e. The SMILES string of the molecule is O=C(NCc1cccs1)[C@@H]1CCN(c2ccccc2)C1=O. The van der Waals surface area contributed by atoms with Crippen LogP contribution in [0.25, 0.3) is 0 Å². The van der Waals surface area contributed by atoms with E-state index in [1.807, 2.05) is 47.8 Å². The molecule has 1 aromatic carbocycles. The summed E-state index contributed by atoms with van der Waals surface area (Å²) in [6.07, 6.45) is 0.573. The second-order valence-corrected chi connectivity index (χ2v) is 6.00. The number of rotatable bonds is 4. The van der Waals surface area contributed by atoms with E-state index in [9.17, 15) is 9.59 Å². The van der Waals surface area contributed by atoms with Crippen LogP contribution in [0.1, 0.15) is 11.3 Å². The predicted octanol–water partition coefficient (Wildman–Crippen LogP) is 2.42. The molecule has 21 heavy (non-hydrogen) atoms. The fourth-order valence-electron chi connectivity index (χ4n) is 2.50. The normalized spacial score (nSPS) is 18.0. The van der Waals surface area contributed by atoms with Gasteiger partial charge in [0, 0.05) is 17.1 Å². The Bertz CT molecular complexity index is 625. The number of thiophene rings is 1. The molecule has 1 atom stereocenters. The van der Waals surface area contributed by atoms with Crippen molar-refractivity contribution in [2.75, 3.05) is 11.4 Å². The van der Waals surface area contributed by atoms with Crippen LogP contribution in [0.4, 0.5) is 5.69 Å². The molecule has 4 nitrogen and oxygen atoms in total. The molecule has 108 valence electrons. The quantitative estimate of drug-likeness (QED) is 0.882. The molecule has 1 saturated heterocycles. The Morgan fingerprint density at radius 3 is 2.76 bits per heavy atom. The van der Waals surface area contributed by atoms with Gasteiger partial charge in [0.2, 0.25) is 11.8 Å². The van der Waals surface area contributed by atoms with Gasteiger partial charge in [-0.2, -0.15) is 0 Å². The van der Waals surface area contributed by atoms with E-state index < -0.39 is 5.92 Å². The molecular formula is C16H16N2O2S. The summed E-state index contributed by atoms with van der Waals surface area (Å²) in [5.74, 6) is -0.845. The van der Waals surface area contributed by atoms with Crippen LogP contribution in [-0.4, -0.2) is 18.4 Å². The van der Waals surface area contributed by atoms with Gasteiger partial charge in [-0.25, -0.2) is 0 Å². The van der Waals surface area contributed by atoms with Gasteiger partial charge in [-0.05, 0) is 30.0 Å². The van der Waals surface area contributed by atoms with Gasteiger partial charge in [0.1, 0.15) is 5.92 Å². The number of para-hydroxylation sites is 1. The predicted molar refractivity (Wildman–Crippen MR) is 83.1 cm³/mol. The number of benzene rings is 1. The Hall–Kier alpha value is -2.14. The van der Waals surface area contributed by atoms with Crippen LogP contribution in [0.15, 0.2) is 47.8 Å². The minimum absolute atomic E-state index is 0.107. The minimum Gasteiger partial charge on any atom is -0.351 e. The van der Waals surface area contributed by atoms with E-state index in [0.717, 1.165) is 10.6 Å². The summed E-state index contributed by atoms with van der Waals surface area (Å²) in [6.45, 7) is 1.09. The molecule has 1 fully saturated rings. The maximum atomic E-state index is 12.4. The summed E-state index contributed by atoms with van der Waals surface area (Å²) in [6, 6.07) is 13.4. The van der Waals surface area contributed by atoms with E-state index >= 15 is 0 Å². The Morgan fingerprint density at radius 2 is 2.05 bits per heavy atom. The van der Waals surface area contributed by atoms with Crippen LogP contribution < -0.4 is 10.2 Å². The first kappa shape index (κ1) is 13.8. The van der Waals surface area contributed by atoms with Gasteiger partial charge in [0.05, 0.1) is 6.54 Å². The highest BCUT2D eigenvalue weighted by atomic mass is 32.1. The molecule has 1 aliphatic heterocycles. The third-order valence-corrected chi connectivity index (χ3v) is 4.48. The fourth-order valence-corrected chi connectivity index (χ4v) is 3.14. The molecular weight excluding hydrogens is 284 g/mol. The van der Waals surface area contributed by atoms with Gasteiger partial charge in [-0.15, -0.1) is 11.3 Å². The minimum atomic E-state index is -0.565. The Balaban J connectivity index is 1.62. The number of carbonyl (C=O) groups excluding carboxylic acids is 2. The summed E-state index contributed by atoms with van der Waals surface area (Å²) in [7, 11) is 0. The molecule has 1 aliphatic rings. The Labute approximate surface area is 127 Å². The van der Waals surface area contributed by atoms with Crippen molar-refractivity contribution in [2.45, 2.75) is 13.0 Å². The molecule has 2 heterocycles. The van der Waals surface area contributed by atoms with Gasteiger partial charge in [0.15, 0.2) is 0 Å². The van der Waals surface area contributed by atoms with Crippen LogP contribution in [0.2, 0.25) is 0 Å². The zero-order valence-corrected chi connectivity index (χ0v) is 12.3. The number of anilines is 1. The van der Waals surface area contributed by atoms with Crippen LogP contribution >= 0.6 is 11.3 Å². The number of nitrogens with zero attached hydrogens (tertiary/aromatic N) is 1. The third kappa shape index (κ3) is 2.97. The fraction of sp³-hybridized carbons (Fsp3) is 0.250. The maximum Gasteiger partial charge on any atom is 0.239 e. The van der Waals surface area contributed by atoms with E-state index in [4.69, 9.17) is 0 Å². The molecule has 1 N–H and O–H groups in total. The molecule has 2 aromatic rings. The zero-order chi connectivity index (χ0) is 14.7. The molecule has 3 rings (SSSR count). The Kier molecular flexibility index (Phi) is 4.01. The standard InChI is InChI=1S/C16H16N2O2S/c19-15(17-11-13-7-4-10-21-13)14-8-9-18(16(14)20)12-5-2-1-3-6-12/h1-7,10,14H,8-9,11H2,(H,17,19)/t14-/m0/s1. The lowest BCUT2D eigenvalue weighted by atomic mass is 10.1.